The van der Waals surface area contributed by atoms with Crippen LogP contribution in [0, 0.1) is 6.92 Å². The molecule has 37 heavy (non-hydrogen) atoms. The van der Waals surface area contributed by atoms with Crippen molar-refractivity contribution in [1.29, 1.82) is 0 Å². The van der Waals surface area contributed by atoms with E-state index in [-0.39, 0.29) is 12.6 Å². The molecule has 1 aromatic carbocycles. The van der Waals surface area contributed by atoms with Crippen molar-refractivity contribution < 1.29 is 27.8 Å². The van der Waals surface area contributed by atoms with Crippen molar-refractivity contribution in [2.75, 3.05) is 48.4 Å². The van der Waals surface area contributed by atoms with E-state index < -0.39 is 23.3 Å². The summed E-state index contributed by atoms with van der Waals surface area (Å²) >= 11 is 0. The van der Waals surface area contributed by atoms with Crippen LogP contribution in [0.15, 0.2) is 42.6 Å². The van der Waals surface area contributed by atoms with E-state index in [4.69, 9.17) is 9.72 Å². The topological polar surface area (TPSA) is 112 Å². The van der Waals surface area contributed by atoms with E-state index in [1.54, 1.807) is 18.2 Å². The number of hydrogen-bond donors (Lipinski definition) is 3. The van der Waals surface area contributed by atoms with Gasteiger partial charge in [-0.25, -0.2) is 4.98 Å². The second-order valence-corrected chi connectivity index (χ2v) is 8.74. The minimum Gasteiger partial charge on any atom is -0.394 e. The number of carbonyl (C=O) groups is 1. The average Bonchev–Trinajstić information content (AvgIpc) is 2.89. The standard InChI is InChI=1S/C25H27F3N6O3/c1-15-3-4-19(31-24(36)21-11-18(13-29-33-21)25(26,27)28)12-20(15)17-9-22(30-16(2)14-35)32-23(10-17)34-5-7-37-8-6-34/h3-4,9-13,16,35H,5-8,14H2,1-2H3,(H,30,32)(H,31,36)/t16-/m1/s1. The highest BCUT2D eigenvalue weighted by Crippen LogP contribution is 2.32. The number of ether oxygens (including phenoxy) is 1. The van der Waals surface area contributed by atoms with Crippen molar-refractivity contribution in [2.45, 2.75) is 26.1 Å². The van der Waals surface area contributed by atoms with Crippen LogP contribution in [0.1, 0.15) is 28.5 Å². The number of nitrogens with zero attached hydrogens (tertiary/aromatic N) is 4. The van der Waals surface area contributed by atoms with Gasteiger partial charge in [0, 0.05) is 24.8 Å². The normalized spacial score (nSPS) is 14.8. The molecule has 3 aromatic rings. The van der Waals surface area contributed by atoms with E-state index in [0.29, 0.717) is 50.1 Å². The Balaban J connectivity index is 1.66. The monoisotopic (exact) mass is 516 g/mol. The van der Waals surface area contributed by atoms with Crippen molar-refractivity contribution in [1.82, 2.24) is 15.2 Å². The van der Waals surface area contributed by atoms with Crippen molar-refractivity contribution in [3.05, 3.63) is 59.4 Å². The fourth-order valence-corrected chi connectivity index (χ4v) is 3.84. The maximum Gasteiger partial charge on any atom is 0.418 e. The molecule has 0 spiro atoms. The zero-order valence-corrected chi connectivity index (χ0v) is 20.3. The summed E-state index contributed by atoms with van der Waals surface area (Å²) in [5.74, 6) is 0.506. The van der Waals surface area contributed by atoms with Gasteiger partial charge in [0.05, 0.1) is 31.6 Å². The van der Waals surface area contributed by atoms with Crippen LogP contribution in [-0.2, 0) is 10.9 Å². The summed E-state index contributed by atoms with van der Waals surface area (Å²) in [7, 11) is 0. The number of aliphatic hydroxyl groups excluding tert-OH is 1. The first-order valence-electron chi connectivity index (χ1n) is 11.7. The molecule has 0 aliphatic carbocycles. The Bertz CT molecular complexity index is 1260. The maximum absolute atomic E-state index is 13.0. The Morgan fingerprint density at radius 2 is 1.95 bits per heavy atom. The molecule has 1 fully saturated rings. The molecule has 4 rings (SSSR count). The van der Waals surface area contributed by atoms with Crippen LogP contribution >= 0.6 is 0 Å². The molecule has 3 heterocycles. The van der Waals surface area contributed by atoms with Gasteiger partial charge in [0.2, 0.25) is 0 Å². The number of rotatable bonds is 7. The summed E-state index contributed by atoms with van der Waals surface area (Å²) in [4.78, 5) is 19.5. The fraction of sp³-hybridized carbons (Fsp3) is 0.360. The first kappa shape index (κ1) is 26.3. The van der Waals surface area contributed by atoms with E-state index in [9.17, 15) is 23.1 Å². The number of alkyl halides is 3. The van der Waals surface area contributed by atoms with Gasteiger partial charge in [-0.1, -0.05) is 6.07 Å². The molecule has 196 valence electrons. The van der Waals surface area contributed by atoms with Crippen molar-refractivity contribution in [3.63, 3.8) is 0 Å². The molecule has 12 heteroatoms. The van der Waals surface area contributed by atoms with Crippen LogP contribution in [0.3, 0.4) is 0 Å². The molecule has 1 atom stereocenters. The van der Waals surface area contributed by atoms with Gasteiger partial charge >= 0.3 is 6.18 Å². The lowest BCUT2D eigenvalue weighted by atomic mass is 10.00. The van der Waals surface area contributed by atoms with Crippen molar-refractivity contribution in [3.8, 4) is 11.1 Å². The zero-order valence-electron chi connectivity index (χ0n) is 20.3. The predicted octanol–water partition coefficient (Wildman–Crippen LogP) is 3.75. The van der Waals surface area contributed by atoms with E-state index in [2.05, 4.69) is 25.7 Å². The number of anilines is 3. The second kappa shape index (κ2) is 11.1. The number of aliphatic hydroxyl groups is 1. The summed E-state index contributed by atoms with van der Waals surface area (Å²) in [6.45, 7) is 6.20. The molecule has 2 aromatic heterocycles. The fourth-order valence-electron chi connectivity index (χ4n) is 3.84. The molecular weight excluding hydrogens is 489 g/mol. The third-order valence-corrected chi connectivity index (χ3v) is 5.84. The Labute approximate surface area is 211 Å². The van der Waals surface area contributed by atoms with Gasteiger partial charge in [-0.2, -0.15) is 18.3 Å². The van der Waals surface area contributed by atoms with Crippen LogP contribution in [0.2, 0.25) is 0 Å². The first-order chi connectivity index (χ1) is 17.6. The largest absolute Gasteiger partial charge is 0.418 e. The molecule has 0 saturated carbocycles. The summed E-state index contributed by atoms with van der Waals surface area (Å²) in [5, 5.41) is 22.1. The van der Waals surface area contributed by atoms with Crippen LogP contribution in [-0.4, -0.2) is 65.1 Å². The number of hydrogen-bond acceptors (Lipinski definition) is 8. The van der Waals surface area contributed by atoms with Crippen LogP contribution < -0.4 is 15.5 Å². The number of halogens is 3. The maximum atomic E-state index is 13.0. The number of pyridine rings is 1. The summed E-state index contributed by atoms with van der Waals surface area (Å²) in [6, 6.07) is 9.44. The molecule has 0 radical (unpaired) electrons. The van der Waals surface area contributed by atoms with E-state index in [0.717, 1.165) is 22.5 Å². The molecule has 0 bridgehead atoms. The first-order valence-corrected chi connectivity index (χ1v) is 11.7. The highest BCUT2D eigenvalue weighted by Gasteiger charge is 2.32. The number of carbonyl (C=O) groups excluding carboxylic acids is 1. The number of aryl methyl sites for hydroxylation is 1. The van der Waals surface area contributed by atoms with Crippen LogP contribution in [0.25, 0.3) is 11.1 Å². The zero-order chi connectivity index (χ0) is 26.6. The summed E-state index contributed by atoms with van der Waals surface area (Å²) in [6.07, 6.45) is -4.07. The number of benzene rings is 1. The van der Waals surface area contributed by atoms with Gasteiger partial charge in [0.25, 0.3) is 5.91 Å². The lowest BCUT2D eigenvalue weighted by Gasteiger charge is -2.29. The lowest BCUT2D eigenvalue weighted by molar-refractivity contribution is -0.137. The lowest BCUT2D eigenvalue weighted by Crippen LogP contribution is -2.37. The van der Waals surface area contributed by atoms with Crippen LogP contribution in [0.5, 0.6) is 0 Å². The summed E-state index contributed by atoms with van der Waals surface area (Å²) < 4.78 is 44.5. The number of morpholine rings is 1. The molecule has 1 saturated heterocycles. The van der Waals surface area contributed by atoms with E-state index >= 15 is 0 Å². The number of nitrogens with one attached hydrogen (secondary N) is 2. The van der Waals surface area contributed by atoms with Gasteiger partial charge in [0.15, 0.2) is 5.69 Å². The summed E-state index contributed by atoms with van der Waals surface area (Å²) in [5.41, 5.74) is 1.41. The third kappa shape index (κ3) is 6.52. The quantitative estimate of drug-likeness (QED) is 0.435. The van der Waals surface area contributed by atoms with Gasteiger partial charge in [-0.05, 0) is 60.9 Å². The van der Waals surface area contributed by atoms with Gasteiger partial charge in [0.1, 0.15) is 11.6 Å². The van der Waals surface area contributed by atoms with Gasteiger partial charge in [-0.3, -0.25) is 4.79 Å². The highest BCUT2D eigenvalue weighted by molar-refractivity contribution is 6.03. The van der Waals surface area contributed by atoms with E-state index in [1.165, 1.54) is 0 Å². The Morgan fingerprint density at radius 3 is 2.65 bits per heavy atom. The highest BCUT2D eigenvalue weighted by atomic mass is 19.4. The van der Waals surface area contributed by atoms with Crippen LogP contribution in [0.4, 0.5) is 30.5 Å². The Hall–Kier alpha value is -3.77. The minimum atomic E-state index is -4.64. The molecule has 1 amide bonds. The van der Waals surface area contributed by atoms with Gasteiger partial charge in [-0.15, -0.1) is 5.10 Å². The van der Waals surface area contributed by atoms with E-state index in [1.807, 2.05) is 26.0 Å². The van der Waals surface area contributed by atoms with Crippen molar-refractivity contribution >= 4 is 23.2 Å². The SMILES string of the molecule is Cc1ccc(NC(=O)c2cc(C(F)(F)F)cnn2)cc1-c1cc(N[C@H](C)CO)nc(N2CCOCC2)c1. The number of amides is 1. The molecular formula is C25H27F3N6O3. The second-order valence-electron chi connectivity index (χ2n) is 8.74. The third-order valence-electron chi connectivity index (χ3n) is 5.84. The molecule has 3 N–H and O–H groups in total. The average molecular weight is 517 g/mol. The predicted molar refractivity (Wildman–Crippen MR) is 133 cm³/mol. The smallest absolute Gasteiger partial charge is 0.394 e. The molecule has 0 unspecified atom stereocenters. The Morgan fingerprint density at radius 1 is 1.19 bits per heavy atom. The molecule has 9 nitrogen and oxygen atoms in total. The van der Waals surface area contributed by atoms with Gasteiger partial charge < -0.3 is 25.4 Å². The van der Waals surface area contributed by atoms with Crippen molar-refractivity contribution in [2.24, 2.45) is 0 Å². The molecule has 1 aliphatic rings. The minimum absolute atomic E-state index is 0.0717. The Kier molecular flexibility index (Phi) is 7.89. The number of aromatic nitrogens is 3. The molecule has 1 aliphatic heterocycles.